The van der Waals surface area contributed by atoms with Gasteiger partial charge in [0.25, 0.3) is 0 Å². The Labute approximate surface area is 64.7 Å². The summed E-state index contributed by atoms with van der Waals surface area (Å²) >= 11 is 0. The number of hydrogen-bond acceptors (Lipinski definition) is 2. The van der Waals surface area contributed by atoms with E-state index >= 15 is 0 Å². The Balaban J connectivity index is 2.93. The molecule has 0 aliphatic carbocycles. The first-order valence-electron chi connectivity index (χ1n) is 3.26. The van der Waals surface area contributed by atoms with Crippen LogP contribution in [0, 0.1) is 6.92 Å². The van der Waals surface area contributed by atoms with Crippen molar-refractivity contribution in [3.8, 4) is 0 Å². The number of halogens is 1. The largest absolute Gasteiger partial charge is 0.530 e. The highest BCUT2D eigenvalue weighted by molar-refractivity contribution is 6.60. The van der Waals surface area contributed by atoms with Crippen LogP contribution >= 0.6 is 0 Å². The Morgan fingerprint density at radius 1 is 1.45 bits per heavy atom. The van der Waals surface area contributed by atoms with Crippen molar-refractivity contribution >= 4 is 12.6 Å². The molecule has 0 aromatic heterocycles. The molecule has 4 heteroatoms. The first-order valence-corrected chi connectivity index (χ1v) is 3.26. The Morgan fingerprint density at radius 2 is 2.09 bits per heavy atom. The molecule has 0 aliphatic rings. The molecule has 0 saturated carbocycles. The maximum Gasteiger partial charge on any atom is 0.530 e. The number of benzene rings is 1. The molecule has 0 aliphatic heterocycles. The lowest BCUT2D eigenvalue weighted by Gasteiger charge is -2.02. The highest BCUT2D eigenvalue weighted by atomic mass is 19.3. The summed E-state index contributed by atoms with van der Waals surface area (Å²) in [4.78, 5) is 3.27. The molecule has 1 aromatic carbocycles. The van der Waals surface area contributed by atoms with Gasteiger partial charge in [0.15, 0.2) is 0 Å². The van der Waals surface area contributed by atoms with E-state index in [2.05, 4.69) is 4.86 Å². The van der Waals surface area contributed by atoms with Crippen LogP contribution in [0.15, 0.2) is 24.3 Å². The summed E-state index contributed by atoms with van der Waals surface area (Å²) in [5.74, 6) is 0. The zero-order chi connectivity index (χ0) is 8.27. The summed E-state index contributed by atoms with van der Waals surface area (Å²) < 4.78 is 11.5. The molecule has 1 aromatic rings. The van der Waals surface area contributed by atoms with Gasteiger partial charge in [0.1, 0.15) is 0 Å². The van der Waals surface area contributed by atoms with E-state index in [4.69, 9.17) is 5.02 Å². The van der Waals surface area contributed by atoms with E-state index in [1.807, 2.05) is 6.07 Å². The zero-order valence-corrected chi connectivity index (χ0v) is 6.12. The lowest BCUT2D eigenvalue weighted by molar-refractivity contribution is -0.0267. The normalized spacial score (nSPS) is 9.73. The van der Waals surface area contributed by atoms with Crippen molar-refractivity contribution in [3.63, 3.8) is 0 Å². The fraction of sp³-hybridized carbons (Fsp3) is 0.143. The predicted octanol–water partition coefficient (Wildman–Crippen LogP) is 0.584. The molecule has 0 spiro atoms. The first kappa shape index (κ1) is 8.23. The van der Waals surface area contributed by atoms with Crippen molar-refractivity contribution in [2.75, 3.05) is 0 Å². The second-order valence-electron chi connectivity index (χ2n) is 2.30. The molecule has 11 heavy (non-hydrogen) atoms. The molecule has 0 saturated heterocycles. The van der Waals surface area contributed by atoms with Crippen LogP contribution in [-0.4, -0.2) is 12.1 Å². The van der Waals surface area contributed by atoms with Crippen molar-refractivity contribution in [2.24, 2.45) is 0 Å². The van der Waals surface area contributed by atoms with Crippen LogP contribution in [0.1, 0.15) is 5.56 Å². The maximum absolute atomic E-state index is 11.5. The molecule has 0 atom stereocenters. The molecule has 0 bridgehead atoms. The van der Waals surface area contributed by atoms with Crippen LogP contribution < -0.4 is 5.46 Å². The molecule has 0 amide bonds. The highest BCUT2D eigenvalue weighted by Gasteiger charge is 2.18. The lowest BCUT2D eigenvalue weighted by atomic mass is 9.77. The number of aryl methyl sites for hydroxylation is 1. The van der Waals surface area contributed by atoms with Crippen LogP contribution in [0.3, 0.4) is 0 Å². The number of rotatable bonds is 2. The molecular weight excluding hydrogens is 146 g/mol. The van der Waals surface area contributed by atoms with Gasteiger partial charge in [-0.15, -0.1) is 0 Å². The average molecular weight is 154 g/mol. The van der Waals surface area contributed by atoms with Crippen molar-refractivity contribution in [1.82, 2.24) is 0 Å². The molecule has 0 unspecified atom stereocenters. The fourth-order valence-corrected chi connectivity index (χ4v) is 0.912. The summed E-state index contributed by atoms with van der Waals surface area (Å²) in [6.45, 7) is 1.78. The van der Waals surface area contributed by atoms with Gasteiger partial charge in [-0.3, -0.25) is 0 Å². The topological polar surface area (TPSA) is 29.5 Å². The summed E-state index contributed by atoms with van der Waals surface area (Å²) in [5, 5.41) is 8.91. The minimum Gasteiger partial charge on any atom is -0.421 e. The monoisotopic (exact) mass is 154 g/mol. The van der Waals surface area contributed by atoms with Crippen LogP contribution in [0.2, 0.25) is 0 Å². The van der Waals surface area contributed by atoms with Crippen LogP contribution in [-0.2, 0) is 4.86 Å². The van der Waals surface area contributed by atoms with Gasteiger partial charge in [0, 0.05) is 0 Å². The third kappa shape index (κ3) is 1.79. The molecule has 0 heterocycles. The van der Waals surface area contributed by atoms with E-state index in [0.29, 0.717) is 5.46 Å². The van der Waals surface area contributed by atoms with Crippen LogP contribution in [0.5, 0.6) is 0 Å². The highest BCUT2D eigenvalue weighted by Crippen LogP contribution is 1.95. The maximum atomic E-state index is 11.5. The van der Waals surface area contributed by atoms with Gasteiger partial charge in [-0.2, -0.15) is 0 Å². The van der Waals surface area contributed by atoms with Crippen molar-refractivity contribution in [1.29, 1.82) is 0 Å². The first-order chi connectivity index (χ1) is 5.25. The van der Waals surface area contributed by atoms with Gasteiger partial charge in [-0.1, -0.05) is 34.4 Å². The number of hydrogen-bond donors (Lipinski definition) is 1. The van der Waals surface area contributed by atoms with Gasteiger partial charge in [-0.25, -0.2) is 4.86 Å². The third-order valence-corrected chi connectivity index (χ3v) is 1.54. The third-order valence-electron chi connectivity index (χ3n) is 1.54. The molecule has 2 nitrogen and oxygen atoms in total. The standard InChI is InChI=1S/C7H8BFO2/c1-6-4-2-3-5-7(6)8(10)11-9/h2-5,10H,1H3. The molecule has 1 rings (SSSR count). The lowest BCUT2D eigenvalue weighted by Crippen LogP contribution is -2.32. The van der Waals surface area contributed by atoms with Crippen molar-refractivity contribution < 1.29 is 14.4 Å². The Kier molecular flexibility index (Phi) is 2.62. The van der Waals surface area contributed by atoms with Crippen molar-refractivity contribution in [2.45, 2.75) is 6.92 Å². The van der Waals surface area contributed by atoms with Crippen LogP contribution in [0.4, 0.5) is 4.53 Å². The van der Waals surface area contributed by atoms with E-state index in [0.717, 1.165) is 5.56 Å². The molecule has 58 valence electrons. The Morgan fingerprint density at radius 3 is 2.64 bits per heavy atom. The second kappa shape index (κ2) is 3.50. The van der Waals surface area contributed by atoms with Gasteiger partial charge in [0.2, 0.25) is 0 Å². The zero-order valence-electron chi connectivity index (χ0n) is 6.12. The van der Waals surface area contributed by atoms with E-state index in [-0.39, 0.29) is 0 Å². The van der Waals surface area contributed by atoms with Gasteiger partial charge in [-0.05, 0) is 12.4 Å². The summed E-state index contributed by atoms with van der Waals surface area (Å²) in [5.41, 5.74) is 1.26. The molecule has 0 fully saturated rings. The van der Waals surface area contributed by atoms with Gasteiger partial charge in [0.05, 0.1) is 0 Å². The van der Waals surface area contributed by atoms with Crippen LogP contribution in [0.25, 0.3) is 0 Å². The van der Waals surface area contributed by atoms with E-state index in [1.165, 1.54) is 0 Å². The summed E-state index contributed by atoms with van der Waals surface area (Å²) in [6, 6.07) is 6.91. The molecule has 1 N–H and O–H groups in total. The van der Waals surface area contributed by atoms with E-state index in [9.17, 15) is 4.53 Å². The minimum atomic E-state index is -1.46. The SMILES string of the molecule is Cc1ccccc1B(O)OF. The quantitative estimate of drug-likeness (QED) is 0.631. The Bertz CT molecular complexity index is 242. The minimum absolute atomic E-state index is 0.454. The summed E-state index contributed by atoms with van der Waals surface area (Å²) in [7, 11) is -1.46. The van der Waals surface area contributed by atoms with Gasteiger partial charge >= 0.3 is 7.12 Å². The average Bonchev–Trinajstić information content (AvgIpc) is 2.04. The smallest absolute Gasteiger partial charge is 0.421 e. The van der Waals surface area contributed by atoms with Crippen molar-refractivity contribution in [3.05, 3.63) is 29.8 Å². The fourth-order valence-electron chi connectivity index (χ4n) is 0.912. The molecular formula is C7H8BFO2. The van der Waals surface area contributed by atoms with E-state index < -0.39 is 7.12 Å². The van der Waals surface area contributed by atoms with Gasteiger partial charge < -0.3 is 5.02 Å². The Hall–Kier alpha value is -0.865. The summed E-state index contributed by atoms with van der Waals surface area (Å²) in [6.07, 6.45) is 0. The predicted molar refractivity (Wildman–Crippen MR) is 41.0 cm³/mol. The molecule has 0 radical (unpaired) electrons. The second-order valence-corrected chi connectivity index (χ2v) is 2.30. The van der Waals surface area contributed by atoms with E-state index in [1.54, 1.807) is 25.1 Å².